The lowest BCUT2D eigenvalue weighted by Crippen LogP contribution is -2.51. The van der Waals surface area contributed by atoms with Gasteiger partial charge in [-0.05, 0) is 32.9 Å². The van der Waals surface area contributed by atoms with E-state index in [4.69, 9.17) is 9.47 Å². The maximum Gasteiger partial charge on any atom is 0.335 e. The molecule has 8 nitrogen and oxygen atoms in total. The number of esters is 2. The predicted octanol–water partition coefficient (Wildman–Crippen LogP) is 0.765. The molecule has 1 rings (SSSR count). The first-order chi connectivity index (χ1) is 12.1. The lowest BCUT2D eigenvalue weighted by atomic mass is 9.96. The van der Waals surface area contributed by atoms with Gasteiger partial charge in [-0.15, -0.1) is 0 Å². The monoisotopic (exact) mass is 387 g/mol. The van der Waals surface area contributed by atoms with Crippen LogP contribution < -0.4 is 4.72 Å². The Hall–Kier alpha value is -1.97. The van der Waals surface area contributed by atoms with Crippen molar-refractivity contribution in [3.05, 3.63) is 29.8 Å². The van der Waals surface area contributed by atoms with Crippen molar-refractivity contribution >= 4 is 22.0 Å². The second kappa shape index (κ2) is 9.65. The van der Waals surface area contributed by atoms with Gasteiger partial charge in [-0.3, -0.25) is 4.79 Å². The van der Waals surface area contributed by atoms with Crippen molar-refractivity contribution in [3.63, 3.8) is 0 Å². The van der Waals surface area contributed by atoms with E-state index in [2.05, 4.69) is 4.72 Å². The number of aliphatic hydroxyl groups excluding tert-OH is 1. The molecule has 0 saturated carbocycles. The average Bonchev–Trinajstić information content (AvgIpc) is 2.59. The molecule has 3 atom stereocenters. The number of carbonyl (C=O) groups is 2. The molecular formula is C17H25NO7S. The minimum Gasteiger partial charge on any atom is -0.465 e. The molecule has 0 amide bonds. The molecule has 0 aliphatic carbocycles. The van der Waals surface area contributed by atoms with Crippen molar-refractivity contribution in [1.29, 1.82) is 0 Å². The van der Waals surface area contributed by atoms with Gasteiger partial charge in [0.25, 0.3) is 0 Å². The Labute approximate surface area is 153 Å². The fourth-order valence-corrected chi connectivity index (χ4v) is 3.45. The highest BCUT2D eigenvalue weighted by Gasteiger charge is 2.38. The Kier molecular flexibility index (Phi) is 8.19. The van der Waals surface area contributed by atoms with Crippen LogP contribution in [0.2, 0.25) is 0 Å². The zero-order chi connectivity index (χ0) is 19.9. The van der Waals surface area contributed by atoms with E-state index >= 15 is 0 Å². The summed E-state index contributed by atoms with van der Waals surface area (Å²) in [7, 11) is -4.07. The molecule has 0 heterocycles. The summed E-state index contributed by atoms with van der Waals surface area (Å²) in [5.74, 6) is -2.93. The molecule has 0 radical (unpaired) electrons. The lowest BCUT2D eigenvalue weighted by molar-refractivity contribution is -0.158. The summed E-state index contributed by atoms with van der Waals surface area (Å²) in [5.41, 5.74) is 0.872. The van der Waals surface area contributed by atoms with E-state index in [0.717, 1.165) is 5.56 Å². The topological polar surface area (TPSA) is 119 Å². The Morgan fingerprint density at radius 3 is 2.08 bits per heavy atom. The third-order valence-corrected chi connectivity index (χ3v) is 5.16. The molecular weight excluding hydrogens is 362 g/mol. The second-order valence-electron chi connectivity index (χ2n) is 5.72. The number of rotatable bonds is 9. The van der Waals surface area contributed by atoms with E-state index in [-0.39, 0.29) is 18.1 Å². The van der Waals surface area contributed by atoms with Crippen molar-refractivity contribution in [2.24, 2.45) is 5.92 Å². The SMILES string of the molecule is CCOC(=O)[C@H](O)[C@H](C)[C@@H](NS(=O)(=O)c1ccc(C)cc1)C(=O)OCC. The van der Waals surface area contributed by atoms with Crippen LogP contribution in [0.15, 0.2) is 29.2 Å². The van der Waals surface area contributed by atoms with E-state index < -0.39 is 40.0 Å². The summed E-state index contributed by atoms with van der Waals surface area (Å²) < 4.78 is 37.0. The van der Waals surface area contributed by atoms with Crippen LogP contribution in [0.3, 0.4) is 0 Å². The molecule has 0 unspecified atom stereocenters. The van der Waals surface area contributed by atoms with Crippen LogP contribution in [-0.4, -0.2) is 50.8 Å². The Bertz CT molecular complexity index is 715. The molecule has 0 aromatic heterocycles. The van der Waals surface area contributed by atoms with Gasteiger partial charge < -0.3 is 14.6 Å². The van der Waals surface area contributed by atoms with Crippen LogP contribution in [0.4, 0.5) is 0 Å². The molecule has 0 bridgehead atoms. The van der Waals surface area contributed by atoms with Crippen LogP contribution in [0, 0.1) is 12.8 Å². The molecule has 0 aliphatic heterocycles. The van der Waals surface area contributed by atoms with Gasteiger partial charge in [0, 0.05) is 5.92 Å². The third kappa shape index (κ3) is 5.79. The standard InChI is InChI=1S/C17H25NO7S/c1-5-24-16(20)14(12(4)15(19)17(21)25-6-2)18-26(22,23)13-9-7-11(3)8-10-13/h7-10,12,14-15,18-19H,5-6H2,1-4H3/t12-,14-,15-/m1/s1. The maximum absolute atomic E-state index is 12.6. The zero-order valence-corrected chi connectivity index (χ0v) is 16.1. The molecule has 2 N–H and O–H groups in total. The molecule has 26 heavy (non-hydrogen) atoms. The first-order valence-electron chi connectivity index (χ1n) is 8.24. The first-order valence-corrected chi connectivity index (χ1v) is 9.72. The van der Waals surface area contributed by atoms with Crippen LogP contribution in [0.25, 0.3) is 0 Å². The van der Waals surface area contributed by atoms with Crippen molar-refractivity contribution < 1.29 is 32.6 Å². The molecule has 0 saturated heterocycles. The van der Waals surface area contributed by atoms with Crippen molar-refractivity contribution in [2.75, 3.05) is 13.2 Å². The molecule has 9 heteroatoms. The fourth-order valence-electron chi connectivity index (χ4n) is 2.18. The van der Waals surface area contributed by atoms with Gasteiger partial charge >= 0.3 is 11.9 Å². The highest BCUT2D eigenvalue weighted by Crippen LogP contribution is 2.17. The number of hydrogen-bond donors (Lipinski definition) is 2. The summed E-state index contributed by atoms with van der Waals surface area (Å²) in [6.07, 6.45) is -1.69. The summed E-state index contributed by atoms with van der Waals surface area (Å²) in [4.78, 5) is 23.9. The Morgan fingerprint density at radius 2 is 1.58 bits per heavy atom. The number of sulfonamides is 1. The molecule has 0 aliphatic rings. The molecule has 0 fully saturated rings. The van der Waals surface area contributed by atoms with Crippen LogP contribution in [0.1, 0.15) is 26.3 Å². The van der Waals surface area contributed by atoms with Gasteiger partial charge in [-0.2, -0.15) is 4.72 Å². The normalized spacial score (nSPS) is 15.0. The quantitative estimate of drug-likeness (QED) is 0.601. The number of ether oxygens (including phenoxy) is 2. The van der Waals surface area contributed by atoms with Crippen molar-refractivity contribution in [2.45, 2.75) is 44.7 Å². The number of nitrogens with one attached hydrogen (secondary N) is 1. The van der Waals surface area contributed by atoms with E-state index in [1.54, 1.807) is 26.0 Å². The smallest absolute Gasteiger partial charge is 0.335 e. The third-order valence-electron chi connectivity index (χ3n) is 3.71. The minimum absolute atomic E-state index is 0.0177. The lowest BCUT2D eigenvalue weighted by Gasteiger charge is -2.26. The number of hydrogen-bond acceptors (Lipinski definition) is 7. The van der Waals surface area contributed by atoms with E-state index in [1.807, 2.05) is 6.92 Å². The Balaban J connectivity index is 3.11. The summed E-state index contributed by atoms with van der Waals surface area (Å²) >= 11 is 0. The fraction of sp³-hybridized carbons (Fsp3) is 0.529. The zero-order valence-electron chi connectivity index (χ0n) is 15.3. The van der Waals surface area contributed by atoms with E-state index in [1.165, 1.54) is 19.1 Å². The van der Waals surface area contributed by atoms with Gasteiger partial charge in [0.1, 0.15) is 6.04 Å². The van der Waals surface area contributed by atoms with Crippen LogP contribution in [0.5, 0.6) is 0 Å². The minimum atomic E-state index is -4.07. The van der Waals surface area contributed by atoms with E-state index in [9.17, 15) is 23.1 Å². The largest absolute Gasteiger partial charge is 0.465 e. The number of aliphatic hydroxyl groups is 1. The summed E-state index contributed by atoms with van der Waals surface area (Å²) in [6, 6.07) is 4.56. The van der Waals surface area contributed by atoms with Crippen molar-refractivity contribution in [1.82, 2.24) is 4.72 Å². The number of aryl methyl sites for hydroxylation is 1. The summed E-state index contributed by atoms with van der Waals surface area (Å²) in [6.45, 7) is 6.36. The maximum atomic E-state index is 12.6. The molecule has 1 aromatic rings. The van der Waals surface area contributed by atoms with Gasteiger partial charge in [-0.1, -0.05) is 24.6 Å². The molecule has 0 spiro atoms. The van der Waals surface area contributed by atoms with Gasteiger partial charge in [0.05, 0.1) is 18.1 Å². The highest BCUT2D eigenvalue weighted by molar-refractivity contribution is 7.89. The predicted molar refractivity (Wildman–Crippen MR) is 93.7 cm³/mol. The van der Waals surface area contributed by atoms with E-state index in [0.29, 0.717) is 0 Å². The van der Waals surface area contributed by atoms with Gasteiger partial charge in [0.15, 0.2) is 6.10 Å². The molecule has 146 valence electrons. The first kappa shape index (κ1) is 22.1. The number of carbonyl (C=O) groups excluding carboxylic acids is 2. The van der Waals surface area contributed by atoms with Gasteiger partial charge in [0.2, 0.25) is 10.0 Å². The van der Waals surface area contributed by atoms with Crippen molar-refractivity contribution in [3.8, 4) is 0 Å². The number of benzene rings is 1. The average molecular weight is 387 g/mol. The summed E-state index contributed by atoms with van der Waals surface area (Å²) in [5, 5.41) is 10.1. The highest BCUT2D eigenvalue weighted by atomic mass is 32.2. The van der Waals surface area contributed by atoms with Crippen LogP contribution in [-0.2, 0) is 29.1 Å². The second-order valence-corrected chi connectivity index (χ2v) is 7.43. The molecule has 1 aromatic carbocycles. The van der Waals surface area contributed by atoms with Crippen LogP contribution >= 0.6 is 0 Å². The van der Waals surface area contributed by atoms with Gasteiger partial charge in [-0.25, -0.2) is 13.2 Å². The Morgan fingerprint density at radius 1 is 1.08 bits per heavy atom.